The van der Waals surface area contributed by atoms with E-state index in [0.717, 1.165) is 18.3 Å². The van der Waals surface area contributed by atoms with Crippen molar-refractivity contribution in [2.45, 2.75) is 43.1 Å². The van der Waals surface area contributed by atoms with Crippen LogP contribution in [0.15, 0.2) is 30.5 Å². The molecule has 1 amide bonds. The van der Waals surface area contributed by atoms with Gasteiger partial charge in [-0.05, 0) is 24.3 Å². The number of ether oxygens (including phenoxy) is 4. The zero-order chi connectivity index (χ0) is 26.4. The van der Waals surface area contributed by atoms with Crippen LogP contribution in [0, 0.1) is 5.92 Å². The maximum Gasteiger partial charge on any atom is 0.416 e. The molecule has 1 saturated carbocycles. The summed E-state index contributed by atoms with van der Waals surface area (Å²) in [6, 6.07) is 4.77. The van der Waals surface area contributed by atoms with Crippen LogP contribution in [0.25, 0.3) is 0 Å². The van der Waals surface area contributed by atoms with Crippen molar-refractivity contribution in [1.82, 2.24) is 14.9 Å². The number of aromatic nitrogens is 2. The lowest BCUT2D eigenvalue weighted by Gasteiger charge is -2.41. The molecule has 2 unspecified atom stereocenters. The molecule has 3 aliphatic rings. The van der Waals surface area contributed by atoms with Crippen molar-refractivity contribution in [2.24, 2.45) is 5.92 Å². The van der Waals surface area contributed by atoms with Gasteiger partial charge in [-0.2, -0.15) is 13.2 Å². The van der Waals surface area contributed by atoms with E-state index in [9.17, 15) is 26.7 Å². The minimum Gasteiger partial charge on any atom is -0.488 e. The van der Waals surface area contributed by atoms with E-state index in [4.69, 9.17) is 18.9 Å². The lowest BCUT2D eigenvalue weighted by Crippen LogP contribution is -2.54. The van der Waals surface area contributed by atoms with Gasteiger partial charge in [-0.15, -0.1) is 0 Å². The van der Waals surface area contributed by atoms with Gasteiger partial charge in [0.05, 0.1) is 31.5 Å². The number of halogens is 5. The van der Waals surface area contributed by atoms with E-state index in [-0.39, 0.29) is 74.7 Å². The highest BCUT2D eigenvalue weighted by Gasteiger charge is 2.53. The molecule has 0 N–H and O–H groups in total. The average molecular weight is 529 g/mol. The number of piperidine rings is 1. The van der Waals surface area contributed by atoms with Crippen LogP contribution >= 0.6 is 0 Å². The Morgan fingerprint density at radius 2 is 2.03 bits per heavy atom. The number of hydrogen-bond acceptors (Lipinski definition) is 7. The van der Waals surface area contributed by atoms with Crippen LogP contribution in [-0.4, -0.2) is 66.4 Å². The summed E-state index contributed by atoms with van der Waals surface area (Å²) in [5.41, 5.74) is -1.89. The van der Waals surface area contributed by atoms with E-state index in [1.54, 1.807) is 0 Å². The molecule has 0 aromatic carbocycles. The van der Waals surface area contributed by atoms with Crippen molar-refractivity contribution in [3.63, 3.8) is 0 Å². The molecule has 8 nitrogen and oxygen atoms in total. The van der Waals surface area contributed by atoms with Crippen LogP contribution in [0.5, 0.6) is 11.6 Å². The van der Waals surface area contributed by atoms with E-state index < -0.39 is 35.3 Å². The molecule has 5 rings (SSSR count). The number of amides is 1. The Kier molecular flexibility index (Phi) is 6.47. The third-order valence-corrected chi connectivity index (χ3v) is 6.94. The van der Waals surface area contributed by atoms with Gasteiger partial charge in [-0.1, -0.05) is 0 Å². The minimum atomic E-state index is -4.54. The predicted molar refractivity (Wildman–Crippen MR) is 116 cm³/mol. The number of carbonyl (C=O) groups excluding carboxylic acids is 1. The first kappa shape index (κ1) is 25.6. The Balaban J connectivity index is 1.28. The van der Waals surface area contributed by atoms with Gasteiger partial charge >= 0.3 is 6.18 Å². The van der Waals surface area contributed by atoms with Gasteiger partial charge < -0.3 is 23.8 Å². The molecule has 2 saturated heterocycles. The SMILES string of the molecule is COc1nc(C(=O)N2CCC3(c4cc(C(F)(F)F)ccn4)OCOC3C2)ccc1OCC1CC(F)(F)C1. The summed E-state index contributed by atoms with van der Waals surface area (Å²) in [7, 11) is 1.35. The van der Waals surface area contributed by atoms with Crippen molar-refractivity contribution < 1.29 is 45.7 Å². The fourth-order valence-electron chi connectivity index (χ4n) is 4.94. The molecule has 4 heterocycles. The highest BCUT2D eigenvalue weighted by molar-refractivity contribution is 5.92. The summed E-state index contributed by atoms with van der Waals surface area (Å²) < 4.78 is 88.1. The Bertz CT molecular complexity index is 1170. The second kappa shape index (κ2) is 9.35. The highest BCUT2D eigenvalue weighted by Crippen LogP contribution is 2.44. The van der Waals surface area contributed by atoms with Gasteiger partial charge in [0.2, 0.25) is 5.92 Å². The highest BCUT2D eigenvalue weighted by atomic mass is 19.4. The van der Waals surface area contributed by atoms with Gasteiger partial charge in [0.15, 0.2) is 5.75 Å². The smallest absolute Gasteiger partial charge is 0.416 e. The Morgan fingerprint density at radius 1 is 1.24 bits per heavy atom. The topological polar surface area (TPSA) is 83.0 Å². The fraction of sp³-hybridized carbons (Fsp3) is 0.542. The van der Waals surface area contributed by atoms with Crippen LogP contribution in [-0.2, 0) is 21.3 Å². The lowest BCUT2D eigenvalue weighted by atomic mass is 9.82. The summed E-state index contributed by atoms with van der Waals surface area (Å²) in [5, 5.41) is 0. The molecule has 2 aromatic heterocycles. The van der Waals surface area contributed by atoms with Crippen LogP contribution in [0.1, 0.15) is 41.0 Å². The molecular weight excluding hydrogens is 505 g/mol. The quantitative estimate of drug-likeness (QED) is 0.523. The number of rotatable bonds is 6. The normalized spacial score (nSPS) is 25.4. The zero-order valence-electron chi connectivity index (χ0n) is 19.8. The van der Waals surface area contributed by atoms with Gasteiger partial charge in [-0.3, -0.25) is 9.78 Å². The lowest BCUT2D eigenvalue weighted by molar-refractivity contribution is -0.138. The molecule has 200 valence electrons. The largest absolute Gasteiger partial charge is 0.488 e. The van der Waals surface area contributed by atoms with Gasteiger partial charge in [0.25, 0.3) is 11.8 Å². The van der Waals surface area contributed by atoms with Gasteiger partial charge in [0.1, 0.15) is 24.2 Å². The van der Waals surface area contributed by atoms with E-state index in [2.05, 4.69) is 9.97 Å². The van der Waals surface area contributed by atoms with Crippen molar-refractivity contribution in [3.05, 3.63) is 47.4 Å². The van der Waals surface area contributed by atoms with E-state index in [0.29, 0.717) is 0 Å². The molecule has 0 spiro atoms. The molecule has 2 atom stereocenters. The molecule has 0 bridgehead atoms. The first-order valence-corrected chi connectivity index (χ1v) is 11.6. The third kappa shape index (κ3) is 4.93. The van der Waals surface area contributed by atoms with E-state index >= 15 is 0 Å². The van der Waals surface area contributed by atoms with Crippen molar-refractivity contribution in [3.8, 4) is 11.6 Å². The molecule has 37 heavy (non-hydrogen) atoms. The number of nitrogens with zero attached hydrogens (tertiary/aromatic N) is 3. The molecule has 3 fully saturated rings. The van der Waals surface area contributed by atoms with Crippen molar-refractivity contribution in [1.29, 1.82) is 0 Å². The van der Waals surface area contributed by atoms with E-state index in [1.165, 1.54) is 24.1 Å². The predicted octanol–water partition coefficient (Wildman–Crippen LogP) is 4.04. The molecule has 2 aliphatic heterocycles. The van der Waals surface area contributed by atoms with Crippen LogP contribution in [0.2, 0.25) is 0 Å². The molecule has 2 aromatic rings. The van der Waals surface area contributed by atoms with Crippen molar-refractivity contribution >= 4 is 5.91 Å². The summed E-state index contributed by atoms with van der Waals surface area (Å²) in [6.07, 6.45) is -4.49. The number of fused-ring (bicyclic) bond motifs is 1. The second-order valence-corrected chi connectivity index (χ2v) is 9.38. The minimum absolute atomic E-state index is 0.0388. The maximum atomic E-state index is 13.3. The number of hydrogen-bond donors (Lipinski definition) is 0. The summed E-state index contributed by atoms with van der Waals surface area (Å²) in [5.74, 6) is -3.09. The van der Waals surface area contributed by atoms with Gasteiger partial charge in [0, 0.05) is 37.9 Å². The monoisotopic (exact) mass is 529 g/mol. The standard InChI is InChI=1S/C24H24F5N3O5/c1-34-20-17(35-12-14-9-22(25,26)10-14)3-2-16(31-20)21(33)32-7-5-23(19(11-32)36-13-37-23)18-8-15(4-6-30-18)24(27,28)29/h2-4,6,8,14,19H,5,7,9-13H2,1H3. The van der Waals surface area contributed by atoms with Gasteiger partial charge in [-0.25, -0.2) is 13.8 Å². The number of likely N-dealkylation sites (tertiary alicyclic amines) is 1. The Morgan fingerprint density at radius 3 is 2.73 bits per heavy atom. The Labute approximate surface area is 208 Å². The first-order valence-electron chi connectivity index (χ1n) is 11.6. The number of methoxy groups -OCH3 is 1. The Hall–Kier alpha value is -3.06. The second-order valence-electron chi connectivity index (χ2n) is 9.38. The molecule has 1 aliphatic carbocycles. The van der Waals surface area contributed by atoms with E-state index in [1.807, 2.05) is 0 Å². The van der Waals surface area contributed by atoms with Crippen molar-refractivity contribution in [2.75, 3.05) is 33.6 Å². The number of carbonyl (C=O) groups is 1. The summed E-state index contributed by atoms with van der Waals surface area (Å²) >= 11 is 0. The van der Waals surface area contributed by atoms with Crippen LogP contribution in [0.4, 0.5) is 22.0 Å². The average Bonchev–Trinajstić information content (AvgIpc) is 3.29. The number of pyridine rings is 2. The first-order chi connectivity index (χ1) is 17.5. The fourth-order valence-corrected chi connectivity index (χ4v) is 4.94. The maximum absolute atomic E-state index is 13.3. The third-order valence-electron chi connectivity index (χ3n) is 6.94. The zero-order valence-corrected chi connectivity index (χ0v) is 19.8. The molecule has 13 heteroatoms. The molecular formula is C24H24F5N3O5. The number of alkyl halides is 5. The van der Waals surface area contributed by atoms with Crippen LogP contribution < -0.4 is 9.47 Å². The molecule has 0 radical (unpaired) electrons. The van der Waals surface area contributed by atoms with Crippen LogP contribution in [0.3, 0.4) is 0 Å². The summed E-state index contributed by atoms with van der Waals surface area (Å²) in [4.78, 5) is 23.0. The summed E-state index contributed by atoms with van der Waals surface area (Å²) in [6.45, 7) is 0.150.